The van der Waals surface area contributed by atoms with E-state index in [1.807, 2.05) is 0 Å². The van der Waals surface area contributed by atoms with Crippen molar-refractivity contribution in [2.24, 2.45) is 0 Å². The summed E-state index contributed by atoms with van der Waals surface area (Å²) in [5, 5.41) is 9.19. The van der Waals surface area contributed by atoms with Gasteiger partial charge in [0.25, 0.3) is 10.0 Å². The molecule has 0 saturated carbocycles. The van der Waals surface area contributed by atoms with Crippen molar-refractivity contribution in [3.63, 3.8) is 0 Å². The number of alkyl halides is 3. The highest BCUT2D eigenvalue weighted by Crippen LogP contribution is 2.35. The normalized spacial score (nSPS) is 11.9. The van der Waals surface area contributed by atoms with Crippen LogP contribution in [0.5, 0.6) is 0 Å². The van der Waals surface area contributed by atoms with Crippen LogP contribution in [-0.4, -0.2) is 19.5 Å². The predicted octanol–water partition coefficient (Wildman–Crippen LogP) is 5.81. The first-order chi connectivity index (χ1) is 15.0. The molecule has 32 heavy (non-hydrogen) atoms. The molecule has 0 spiro atoms. The van der Waals surface area contributed by atoms with E-state index >= 15 is 0 Å². The van der Waals surface area contributed by atoms with Crippen LogP contribution in [-0.2, 0) is 22.0 Å². The number of nitrogens with one attached hydrogen (secondary N) is 1. The first-order valence-corrected chi connectivity index (χ1v) is 11.7. The van der Waals surface area contributed by atoms with Gasteiger partial charge in [-0.3, -0.25) is 4.72 Å². The Labute approximate surface area is 187 Å². The summed E-state index contributed by atoms with van der Waals surface area (Å²) in [7, 11) is -4.02. The third-order valence-corrected chi connectivity index (χ3v) is 7.01. The number of aryl methyl sites for hydroxylation is 1. The van der Waals surface area contributed by atoms with Crippen LogP contribution in [0.1, 0.15) is 27.0 Å². The van der Waals surface area contributed by atoms with Crippen LogP contribution in [0, 0.1) is 6.92 Å². The summed E-state index contributed by atoms with van der Waals surface area (Å²) in [4.78, 5) is 11.7. The molecule has 0 aliphatic carbocycles. The van der Waals surface area contributed by atoms with Gasteiger partial charge in [-0.2, -0.15) is 13.2 Å². The van der Waals surface area contributed by atoms with Gasteiger partial charge >= 0.3 is 12.1 Å². The second-order valence-electron chi connectivity index (χ2n) is 6.86. The summed E-state index contributed by atoms with van der Waals surface area (Å²) in [5.41, 5.74) is 0.0327. The van der Waals surface area contributed by atoms with Gasteiger partial charge in [-0.05, 0) is 60.5 Å². The van der Waals surface area contributed by atoms with Gasteiger partial charge in [0.15, 0.2) is 0 Å². The number of rotatable bonds is 7. The van der Waals surface area contributed by atoms with Crippen molar-refractivity contribution in [3.8, 4) is 0 Å². The van der Waals surface area contributed by atoms with E-state index in [0.29, 0.717) is 10.5 Å². The minimum absolute atomic E-state index is 0.0993. The summed E-state index contributed by atoms with van der Waals surface area (Å²) in [6, 6.07) is 15.3. The topological polar surface area (TPSA) is 83.5 Å². The standard InChI is InChI=1S/C22H18F3NO4S2/c1-14-6-11-18(12-19(14)21(27)28)32(29,30)26-16-7-9-17(10-8-16)31-13-15-4-2-3-5-20(15)22(23,24)25/h2-12,26H,13H2,1H3,(H,27,28). The highest BCUT2D eigenvalue weighted by atomic mass is 32.2. The van der Waals surface area contributed by atoms with E-state index in [2.05, 4.69) is 4.72 Å². The number of thioether (sulfide) groups is 1. The number of anilines is 1. The molecule has 0 saturated heterocycles. The first-order valence-electron chi connectivity index (χ1n) is 9.22. The van der Waals surface area contributed by atoms with Crippen LogP contribution < -0.4 is 4.72 Å². The number of carboxylic acid groups (broad SMARTS) is 1. The molecular weight excluding hydrogens is 463 g/mol. The Hall–Kier alpha value is -2.98. The zero-order chi connectivity index (χ0) is 23.5. The molecule has 0 fully saturated rings. The molecule has 10 heteroatoms. The Morgan fingerprint density at radius 2 is 1.69 bits per heavy atom. The number of sulfonamides is 1. The van der Waals surface area contributed by atoms with Crippen LogP contribution in [0.15, 0.2) is 76.5 Å². The summed E-state index contributed by atoms with van der Waals surface area (Å²) < 4.78 is 66.9. The van der Waals surface area contributed by atoms with Crippen LogP contribution in [0.4, 0.5) is 18.9 Å². The SMILES string of the molecule is Cc1ccc(S(=O)(=O)Nc2ccc(SCc3ccccc3C(F)(F)F)cc2)cc1C(=O)O. The molecule has 168 valence electrons. The molecule has 3 rings (SSSR count). The summed E-state index contributed by atoms with van der Waals surface area (Å²) >= 11 is 1.19. The molecule has 0 radical (unpaired) electrons. The number of hydrogen-bond acceptors (Lipinski definition) is 4. The van der Waals surface area contributed by atoms with Crippen molar-refractivity contribution in [2.45, 2.75) is 28.6 Å². The average molecular weight is 482 g/mol. The zero-order valence-electron chi connectivity index (χ0n) is 16.7. The fraction of sp³-hybridized carbons (Fsp3) is 0.136. The van der Waals surface area contributed by atoms with Crippen molar-refractivity contribution in [3.05, 3.63) is 89.0 Å². The van der Waals surface area contributed by atoms with E-state index < -0.39 is 27.7 Å². The highest BCUT2D eigenvalue weighted by Gasteiger charge is 2.32. The number of carboxylic acids is 1. The van der Waals surface area contributed by atoms with E-state index in [0.717, 1.165) is 12.1 Å². The second kappa shape index (κ2) is 9.25. The van der Waals surface area contributed by atoms with Crippen molar-refractivity contribution < 1.29 is 31.5 Å². The van der Waals surface area contributed by atoms with E-state index in [9.17, 15) is 31.5 Å². The van der Waals surface area contributed by atoms with E-state index in [-0.39, 0.29) is 27.5 Å². The Bertz CT molecular complexity index is 1240. The molecule has 2 N–H and O–H groups in total. The molecular formula is C22H18F3NO4S2. The predicted molar refractivity (Wildman–Crippen MR) is 116 cm³/mol. The Morgan fingerprint density at radius 1 is 1.03 bits per heavy atom. The van der Waals surface area contributed by atoms with Crippen molar-refractivity contribution >= 4 is 33.4 Å². The molecule has 5 nitrogen and oxygen atoms in total. The zero-order valence-corrected chi connectivity index (χ0v) is 18.3. The van der Waals surface area contributed by atoms with Crippen molar-refractivity contribution in [1.82, 2.24) is 0 Å². The van der Waals surface area contributed by atoms with Gasteiger partial charge < -0.3 is 5.11 Å². The number of carbonyl (C=O) groups is 1. The van der Waals surface area contributed by atoms with Crippen LogP contribution in [0.25, 0.3) is 0 Å². The van der Waals surface area contributed by atoms with Gasteiger partial charge in [0.2, 0.25) is 0 Å². The van der Waals surface area contributed by atoms with Crippen molar-refractivity contribution in [1.29, 1.82) is 0 Å². The lowest BCUT2D eigenvalue weighted by Crippen LogP contribution is -2.14. The Kier molecular flexibility index (Phi) is 6.85. The fourth-order valence-electron chi connectivity index (χ4n) is 2.92. The Morgan fingerprint density at radius 3 is 2.31 bits per heavy atom. The fourth-order valence-corrected chi connectivity index (χ4v) is 4.90. The molecule has 0 atom stereocenters. The van der Waals surface area contributed by atoms with Crippen LogP contribution in [0.2, 0.25) is 0 Å². The Balaban J connectivity index is 1.72. The monoisotopic (exact) mass is 481 g/mol. The maximum absolute atomic E-state index is 13.1. The van der Waals surface area contributed by atoms with Gasteiger partial charge in [-0.1, -0.05) is 24.3 Å². The minimum atomic E-state index is -4.43. The third kappa shape index (κ3) is 5.63. The summed E-state index contributed by atoms with van der Waals surface area (Å²) in [5.74, 6) is -1.13. The smallest absolute Gasteiger partial charge is 0.416 e. The maximum atomic E-state index is 13.1. The molecule has 3 aromatic carbocycles. The van der Waals surface area contributed by atoms with Gasteiger partial charge in [-0.15, -0.1) is 11.8 Å². The van der Waals surface area contributed by atoms with Crippen molar-refractivity contribution in [2.75, 3.05) is 4.72 Å². The molecule has 0 unspecified atom stereocenters. The number of benzene rings is 3. The number of hydrogen-bond donors (Lipinski definition) is 2. The third-order valence-electron chi connectivity index (χ3n) is 4.57. The van der Waals surface area contributed by atoms with Gasteiger partial charge in [0.05, 0.1) is 16.0 Å². The summed E-state index contributed by atoms with van der Waals surface area (Å²) in [6.45, 7) is 1.57. The van der Waals surface area contributed by atoms with Crippen LogP contribution >= 0.6 is 11.8 Å². The molecule has 0 aliphatic heterocycles. The highest BCUT2D eigenvalue weighted by molar-refractivity contribution is 7.98. The maximum Gasteiger partial charge on any atom is 0.416 e. The average Bonchev–Trinajstić information content (AvgIpc) is 2.72. The number of aromatic carboxylic acids is 1. The summed E-state index contributed by atoms with van der Waals surface area (Å²) in [6.07, 6.45) is -4.43. The van der Waals surface area contributed by atoms with E-state index in [4.69, 9.17) is 0 Å². The molecule has 0 amide bonds. The second-order valence-corrected chi connectivity index (χ2v) is 9.59. The lowest BCUT2D eigenvalue weighted by Gasteiger charge is -2.13. The lowest BCUT2D eigenvalue weighted by molar-refractivity contribution is -0.138. The largest absolute Gasteiger partial charge is 0.478 e. The minimum Gasteiger partial charge on any atom is -0.478 e. The van der Waals surface area contributed by atoms with E-state index in [1.165, 1.54) is 48.2 Å². The van der Waals surface area contributed by atoms with Crippen LogP contribution in [0.3, 0.4) is 0 Å². The first kappa shape index (κ1) is 23.7. The molecule has 0 aromatic heterocycles. The van der Waals surface area contributed by atoms with Gasteiger partial charge in [0, 0.05) is 16.3 Å². The molecule has 0 bridgehead atoms. The van der Waals surface area contributed by atoms with E-state index in [1.54, 1.807) is 25.1 Å². The molecule has 0 heterocycles. The molecule has 3 aromatic rings. The quantitative estimate of drug-likeness (QED) is 0.417. The van der Waals surface area contributed by atoms with Gasteiger partial charge in [-0.25, -0.2) is 13.2 Å². The number of halogens is 3. The lowest BCUT2D eigenvalue weighted by atomic mass is 10.1. The molecule has 0 aliphatic rings. The van der Waals surface area contributed by atoms with Gasteiger partial charge in [0.1, 0.15) is 0 Å².